The number of hydrogen-bond acceptors (Lipinski definition) is 3. The van der Waals surface area contributed by atoms with Crippen molar-refractivity contribution in [1.29, 1.82) is 0 Å². The number of sulfonamides is 1. The molecule has 1 saturated heterocycles. The van der Waals surface area contributed by atoms with Gasteiger partial charge in [0.25, 0.3) is 0 Å². The first-order valence-electron chi connectivity index (χ1n) is 9.30. The van der Waals surface area contributed by atoms with Crippen molar-refractivity contribution in [2.75, 3.05) is 18.4 Å². The number of rotatable bonds is 5. The molecule has 5 nitrogen and oxygen atoms in total. The Balaban J connectivity index is 1.62. The minimum Gasteiger partial charge on any atom is -0.326 e. The predicted molar refractivity (Wildman–Crippen MR) is 107 cm³/mol. The molecule has 6 heteroatoms. The van der Waals surface area contributed by atoms with Crippen LogP contribution in [-0.4, -0.2) is 31.7 Å². The normalized spacial score (nSPS) is 16.2. The molecule has 0 aromatic heterocycles. The molecule has 1 aliphatic rings. The van der Waals surface area contributed by atoms with Crippen molar-refractivity contribution >= 4 is 21.6 Å². The van der Waals surface area contributed by atoms with Crippen molar-refractivity contribution in [3.63, 3.8) is 0 Å². The molecule has 0 aliphatic carbocycles. The summed E-state index contributed by atoms with van der Waals surface area (Å²) in [5.41, 5.74) is 2.69. The van der Waals surface area contributed by atoms with Gasteiger partial charge in [0.1, 0.15) is 0 Å². The van der Waals surface area contributed by atoms with Crippen molar-refractivity contribution in [3.8, 4) is 0 Å². The van der Waals surface area contributed by atoms with Crippen LogP contribution >= 0.6 is 0 Å². The quantitative estimate of drug-likeness (QED) is 0.854. The number of carbonyl (C=O) groups is 1. The first kappa shape index (κ1) is 19.6. The van der Waals surface area contributed by atoms with Gasteiger partial charge in [-0.1, -0.05) is 36.8 Å². The minimum absolute atomic E-state index is 0.125. The number of hydrogen-bond donors (Lipinski definition) is 1. The highest BCUT2D eigenvalue weighted by Gasteiger charge is 2.27. The van der Waals surface area contributed by atoms with Gasteiger partial charge in [-0.05, 0) is 55.5 Å². The van der Waals surface area contributed by atoms with Crippen molar-refractivity contribution in [2.24, 2.45) is 5.92 Å². The molecular formula is C21H26N2O3S. The first-order valence-corrected chi connectivity index (χ1v) is 10.7. The Bertz CT molecular complexity index is 882. The fraction of sp³-hybridized carbons (Fsp3) is 0.381. The fourth-order valence-corrected chi connectivity index (χ4v) is 4.65. The number of nitrogens with one attached hydrogen (secondary N) is 1. The van der Waals surface area contributed by atoms with E-state index in [1.807, 2.05) is 31.2 Å². The van der Waals surface area contributed by atoms with Gasteiger partial charge in [-0.25, -0.2) is 8.42 Å². The Morgan fingerprint density at radius 3 is 2.22 bits per heavy atom. The summed E-state index contributed by atoms with van der Waals surface area (Å²) in [5, 5.41) is 2.82. The van der Waals surface area contributed by atoms with Crippen LogP contribution in [0.25, 0.3) is 0 Å². The van der Waals surface area contributed by atoms with Gasteiger partial charge in [0, 0.05) is 18.8 Å². The second kappa shape index (κ2) is 8.23. The highest BCUT2D eigenvalue weighted by atomic mass is 32.2. The predicted octanol–water partition coefficient (Wildman–Crippen LogP) is 3.60. The van der Waals surface area contributed by atoms with Gasteiger partial charge in [0.05, 0.1) is 11.3 Å². The number of nitrogens with zero attached hydrogens (tertiary/aromatic N) is 1. The van der Waals surface area contributed by atoms with Gasteiger partial charge in [-0.15, -0.1) is 0 Å². The Morgan fingerprint density at radius 2 is 1.63 bits per heavy atom. The Kier molecular flexibility index (Phi) is 5.97. The van der Waals surface area contributed by atoms with Crippen LogP contribution in [0.1, 0.15) is 30.9 Å². The molecule has 144 valence electrons. The second-order valence-corrected chi connectivity index (χ2v) is 9.26. The zero-order chi connectivity index (χ0) is 19.4. The smallest absolute Gasteiger partial charge is 0.243 e. The average Bonchev–Trinajstić information content (AvgIpc) is 2.64. The van der Waals surface area contributed by atoms with Crippen LogP contribution in [0.2, 0.25) is 0 Å². The van der Waals surface area contributed by atoms with Gasteiger partial charge in [-0.3, -0.25) is 4.79 Å². The van der Waals surface area contributed by atoms with Crippen LogP contribution in [0, 0.1) is 12.8 Å². The highest BCUT2D eigenvalue weighted by Crippen LogP contribution is 2.24. The van der Waals surface area contributed by atoms with E-state index in [1.165, 1.54) is 0 Å². The van der Waals surface area contributed by atoms with Gasteiger partial charge in [0.15, 0.2) is 0 Å². The van der Waals surface area contributed by atoms with E-state index in [1.54, 1.807) is 28.6 Å². The van der Waals surface area contributed by atoms with E-state index < -0.39 is 10.0 Å². The highest BCUT2D eigenvalue weighted by molar-refractivity contribution is 7.89. The number of amides is 1. The minimum atomic E-state index is -3.46. The molecule has 0 spiro atoms. The number of anilines is 1. The standard InChI is InChI=1S/C21H26N2O3S/c1-16-3-5-18(6-4-16)15-21(24)22-19-7-9-20(10-8-19)27(25,26)23-13-11-17(2)12-14-23/h3-10,17H,11-15H2,1-2H3,(H,22,24). The second-order valence-electron chi connectivity index (χ2n) is 7.32. The average molecular weight is 387 g/mol. The molecule has 0 radical (unpaired) electrons. The molecule has 0 unspecified atom stereocenters. The van der Waals surface area contributed by atoms with E-state index in [9.17, 15) is 13.2 Å². The number of carbonyl (C=O) groups excluding carboxylic acids is 1. The lowest BCUT2D eigenvalue weighted by Gasteiger charge is -2.29. The monoisotopic (exact) mass is 386 g/mol. The third-order valence-electron chi connectivity index (χ3n) is 5.00. The van der Waals surface area contributed by atoms with E-state index >= 15 is 0 Å². The van der Waals surface area contributed by atoms with E-state index in [0.717, 1.165) is 24.0 Å². The van der Waals surface area contributed by atoms with Gasteiger partial charge < -0.3 is 5.32 Å². The summed E-state index contributed by atoms with van der Waals surface area (Å²) in [4.78, 5) is 12.5. The molecular weight excluding hydrogens is 360 g/mol. The Morgan fingerprint density at radius 1 is 1.04 bits per heavy atom. The summed E-state index contributed by atoms with van der Waals surface area (Å²) in [7, 11) is -3.46. The SMILES string of the molecule is Cc1ccc(CC(=O)Nc2ccc(S(=O)(=O)N3CCC(C)CC3)cc2)cc1. The molecule has 1 N–H and O–H groups in total. The number of aryl methyl sites for hydroxylation is 1. The first-order chi connectivity index (χ1) is 12.8. The Hall–Kier alpha value is -2.18. The van der Waals surface area contributed by atoms with Gasteiger partial charge in [0.2, 0.25) is 15.9 Å². The molecule has 3 rings (SSSR count). The molecule has 2 aromatic carbocycles. The molecule has 0 atom stereocenters. The van der Waals surface area contributed by atoms with E-state index in [0.29, 0.717) is 24.7 Å². The van der Waals surface area contributed by atoms with Crippen molar-refractivity contribution in [3.05, 3.63) is 59.7 Å². The van der Waals surface area contributed by atoms with Crippen LogP contribution in [0.4, 0.5) is 5.69 Å². The van der Waals surface area contributed by atoms with Crippen LogP contribution in [0.15, 0.2) is 53.4 Å². The lowest BCUT2D eigenvalue weighted by Crippen LogP contribution is -2.37. The third-order valence-corrected chi connectivity index (χ3v) is 6.92. The van der Waals surface area contributed by atoms with Crippen molar-refractivity contribution < 1.29 is 13.2 Å². The van der Waals surface area contributed by atoms with Crippen LogP contribution in [0.3, 0.4) is 0 Å². The topological polar surface area (TPSA) is 66.5 Å². The summed E-state index contributed by atoms with van der Waals surface area (Å²) >= 11 is 0. The fourth-order valence-electron chi connectivity index (χ4n) is 3.18. The summed E-state index contributed by atoms with van der Waals surface area (Å²) in [6, 6.07) is 14.2. The summed E-state index contributed by atoms with van der Waals surface area (Å²) in [6.07, 6.45) is 2.07. The van der Waals surface area contributed by atoms with Gasteiger partial charge >= 0.3 is 0 Å². The zero-order valence-corrected chi connectivity index (χ0v) is 16.6. The molecule has 1 amide bonds. The van der Waals surface area contributed by atoms with Crippen LogP contribution < -0.4 is 5.32 Å². The lowest BCUT2D eigenvalue weighted by atomic mass is 10.0. The summed E-state index contributed by atoms with van der Waals surface area (Å²) < 4.78 is 27.0. The molecule has 1 fully saturated rings. The summed E-state index contributed by atoms with van der Waals surface area (Å²) in [6.45, 7) is 5.29. The largest absolute Gasteiger partial charge is 0.326 e. The number of piperidine rings is 1. The van der Waals surface area contributed by atoms with Crippen LogP contribution in [0.5, 0.6) is 0 Å². The molecule has 27 heavy (non-hydrogen) atoms. The third kappa shape index (κ3) is 4.96. The molecule has 2 aromatic rings. The van der Waals surface area contributed by atoms with E-state index in [-0.39, 0.29) is 17.2 Å². The Labute approximate surface area is 161 Å². The van der Waals surface area contributed by atoms with E-state index in [4.69, 9.17) is 0 Å². The number of benzene rings is 2. The molecule has 0 saturated carbocycles. The van der Waals surface area contributed by atoms with Crippen molar-refractivity contribution in [2.45, 2.75) is 38.0 Å². The maximum absolute atomic E-state index is 12.7. The maximum atomic E-state index is 12.7. The zero-order valence-electron chi connectivity index (χ0n) is 15.8. The van der Waals surface area contributed by atoms with Crippen LogP contribution in [-0.2, 0) is 21.2 Å². The van der Waals surface area contributed by atoms with Crippen molar-refractivity contribution in [1.82, 2.24) is 4.31 Å². The van der Waals surface area contributed by atoms with Gasteiger partial charge in [-0.2, -0.15) is 4.31 Å². The van der Waals surface area contributed by atoms with E-state index in [2.05, 4.69) is 12.2 Å². The lowest BCUT2D eigenvalue weighted by molar-refractivity contribution is -0.115. The maximum Gasteiger partial charge on any atom is 0.243 e. The summed E-state index contributed by atoms with van der Waals surface area (Å²) in [5.74, 6) is 0.446. The molecule has 1 heterocycles. The molecule has 0 bridgehead atoms. The molecule has 1 aliphatic heterocycles.